The number of hydrogen-bond donors (Lipinski definition) is 1. The molecule has 0 aliphatic heterocycles. The van der Waals surface area contributed by atoms with Crippen LogP contribution >= 0.6 is 22.9 Å². The van der Waals surface area contributed by atoms with E-state index in [4.69, 9.17) is 11.6 Å². The fraction of sp³-hybridized carbons (Fsp3) is 0.182. The summed E-state index contributed by atoms with van der Waals surface area (Å²) in [7, 11) is 0. The second-order valence-corrected chi connectivity index (χ2v) is 5.49. The molecule has 2 aromatic rings. The second kappa shape index (κ2) is 5.50. The summed E-state index contributed by atoms with van der Waals surface area (Å²) in [6.45, 7) is 2.24. The van der Waals surface area contributed by atoms with E-state index in [2.05, 4.69) is 10.3 Å². The molecular formula is C11H9ClFN3O2S. The fourth-order valence-corrected chi connectivity index (χ4v) is 2.37. The van der Waals surface area contributed by atoms with Gasteiger partial charge in [-0.25, -0.2) is 9.37 Å². The largest absolute Gasteiger partial charge is 0.373 e. The topological polar surface area (TPSA) is 68.1 Å². The smallest absolute Gasteiger partial charge is 0.295 e. The first-order valence-electron chi connectivity index (χ1n) is 5.26. The van der Waals surface area contributed by atoms with Crippen LogP contribution < -0.4 is 5.32 Å². The van der Waals surface area contributed by atoms with Crippen LogP contribution in [0.25, 0.3) is 0 Å². The van der Waals surface area contributed by atoms with E-state index < -0.39 is 10.7 Å². The molecule has 5 nitrogen and oxygen atoms in total. The van der Waals surface area contributed by atoms with Gasteiger partial charge in [0.1, 0.15) is 16.5 Å². The minimum atomic E-state index is -0.816. The van der Waals surface area contributed by atoms with Gasteiger partial charge in [0.2, 0.25) is 0 Å². The van der Waals surface area contributed by atoms with E-state index in [1.54, 1.807) is 6.20 Å². The van der Waals surface area contributed by atoms with Crippen molar-refractivity contribution in [3.63, 3.8) is 0 Å². The summed E-state index contributed by atoms with van der Waals surface area (Å²) in [5, 5.41) is 14.3. The zero-order chi connectivity index (χ0) is 14.0. The van der Waals surface area contributed by atoms with Crippen molar-refractivity contribution >= 4 is 34.3 Å². The van der Waals surface area contributed by atoms with E-state index in [-0.39, 0.29) is 16.4 Å². The lowest BCUT2D eigenvalue weighted by Crippen LogP contribution is -2.03. The molecule has 0 aliphatic carbocycles. The number of benzene rings is 1. The third-order valence-electron chi connectivity index (χ3n) is 2.33. The maximum absolute atomic E-state index is 13.2. The van der Waals surface area contributed by atoms with Gasteiger partial charge in [-0.1, -0.05) is 11.6 Å². The molecule has 0 aliphatic rings. The lowest BCUT2D eigenvalue weighted by molar-refractivity contribution is -0.384. The number of hydrogen-bond acceptors (Lipinski definition) is 5. The van der Waals surface area contributed by atoms with Crippen molar-refractivity contribution in [2.24, 2.45) is 0 Å². The van der Waals surface area contributed by atoms with Crippen LogP contribution in [0.4, 0.5) is 15.8 Å². The number of nitro benzene ring substituents is 1. The van der Waals surface area contributed by atoms with E-state index in [1.807, 2.05) is 6.92 Å². The first-order valence-corrected chi connectivity index (χ1v) is 6.45. The number of aromatic nitrogens is 1. The molecule has 19 heavy (non-hydrogen) atoms. The van der Waals surface area contributed by atoms with Crippen LogP contribution in [0, 0.1) is 22.9 Å². The minimum absolute atomic E-state index is 0.164. The Balaban J connectivity index is 2.23. The van der Waals surface area contributed by atoms with Gasteiger partial charge in [-0.3, -0.25) is 10.1 Å². The molecule has 0 spiro atoms. The number of anilines is 1. The van der Waals surface area contributed by atoms with E-state index in [1.165, 1.54) is 17.4 Å². The summed E-state index contributed by atoms with van der Waals surface area (Å²) in [5.74, 6) is -0.816. The SMILES string of the molecule is Cc1cnc(CNc2cc(Cl)c(F)cc2[N+](=O)[O-])s1. The summed E-state index contributed by atoms with van der Waals surface area (Å²) >= 11 is 7.10. The third kappa shape index (κ3) is 3.18. The average molecular weight is 302 g/mol. The Bertz CT molecular complexity index is 632. The van der Waals surface area contributed by atoms with Crippen molar-refractivity contribution < 1.29 is 9.31 Å². The van der Waals surface area contributed by atoms with Gasteiger partial charge >= 0.3 is 0 Å². The summed E-state index contributed by atoms with van der Waals surface area (Å²) < 4.78 is 13.2. The number of nitrogens with zero attached hydrogens (tertiary/aromatic N) is 2. The first-order chi connectivity index (χ1) is 8.97. The Hall–Kier alpha value is -1.73. The van der Waals surface area contributed by atoms with Crippen LogP contribution in [0.3, 0.4) is 0 Å². The van der Waals surface area contributed by atoms with Crippen LogP contribution in [0.1, 0.15) is 9.88 Å². The zero-order valence-corrected chi connectivity index (χ0v) is 11.4. The summed E-state index contributed by atoms with van der Waals surface area (Å²) in [6.07, 6.45) is 1.72. The molecule has 1 aromatic heterocycles. The van der Waals surface area contributed by atoms with Crippen molar-refractivity contribution in [2.45, 2.75) is 13.5 Å². The predicted molar refractivity (Wildman–Crippen MR) is 72.2 cm³/mol. The predicted octanol–water partition coefficient (Wildman–Crippen LogP) is 3.76. The first kappa shape index (κ1) is 13.7. The lowest BCUT2D eigenvalue weighted by atomic mass is 10.2. The van der Waals surface area contributed by atoms with Gasteiger partial charge in [0.05, 0.1) is 22.6 Å². The molecule has 2 rings (SSSR count). The van der Waals surface area contributed by atoms with Crippen molar-refractivity contribution in [2.75, 3.05) is 5.32 Å². The fourth-order valence-electron chi connectivity index (χ4n) is 1.48. The van der Waals surface area contributed by atoms with Gasteiger partial charge in [0.25, 0.3) is 5.69 Å². The van der Waals surface area contributed by atoms with Gasteiger partial charge in [-0.2, -0.15) is 0 Å². The van der Waals surface area contributed by atoms with Gasteiger partial charge in [0, 0.05) is 11.1 Å². The summed E-state index contributed by atoms with van der Waals surface area (Å²) in [5.41, 5.74) is -0.181. The standard InChI is InChI=1S/C11H9ClFN3O2S/c1-6-4-15-11(19-6)5-14-9-2-7(12)8(13)3-10(9)16(17)18/h2-4,14H,5H2,1H3. The monoisotopic (exact) mass is 301 g/mol. The molecule has 0 bridgehead atoms. The van der Waals surface area contributed by atoms with Crippen molar-refractivity contribution in [3.8, 4) is 0 Å². The quantitative estimate of drug-likeness (QED) is 0.689. The highest BCUT2D eigenvalue weighted by atomic mass is 35.5. The Kier molecular flexibility index (Phi) is 3.96. The molecule has 0 radical (unpaired) electrons. The van der Waals surface area contributed by atoms with E-state index in [0.29, 0.717) is 6.54 Å². The third-order valence-corrected chi connectivity index (χ3v) is 3.54. The number of nitro groups is 1. The van der Waals surface area contributed by atoms with Crippen LogP contribution in [0.5, 0.6) is 0 Å². The molecular weight excluding hydrogens is 293 g/mol. The highest BCUT2D eigenvalue weighted by Crippen LogP contribution is 2.30. The maximum atomic E-state index is 13.2. The van der Waals surface area contributed by atoms with Gasteiger partial charge in [-0.05, 0) is 13.0 Å². The Morgan fingerprint density at radius 3 is 2.89 bits per heavy atom. The van der Waals surface area contributed by atoms with E-state index in [9.17, 15) is 14.5 Å². The minimum Gasteiger partial charge on any atom is -0.373 e. The lowest BCUT2D eigenvalue weighted by Gasteiger charge is -2.06. The molecule has 0 atom stereocenters. The van der Waals surface area contributed by atoms with Gasteiger partial charge in [0.15, 0.2) is 0 Å². The Morgan fingerprint density at radius 2 is 2.32 bits per heavy atom. The molecule has 0 saturated carbocycles. The Morgan fingerprint density at radius 1 is 1.58 bits per heavy atom. The molecule has 0 saturated heterocycles. The Labute approximate surface area is 117 Å². The molecule has 1 aromatic carbocycles. The number of nitrogens with one attached hydrogen (secondary N) is 1. The summed E-state index contributed by atoms with van der Waals surface area (Å²) in [6, 6.07) is 2.01. The van der Waals surface area contributed by atoms with Crippen LogP contribution in [-0.4, -0.2) is 9.91 Å². The zero-order valence-electron chi connectivity index (χ0n) is 9.81. The maximum Gasteiger partial charge on any atom is 0.295 e. The second-order valence-electron chi connectivity index (χ2n) is 3.76. The van der Waals surface area contributed by atoms with Gasteiger partial charge in [-0.15, -0.1) is 11.3 Å². The number of aryl methyl sites for hydroxylation is 1. The molecule has 0 unspecified atom stereocenters. The molecule has 1 N–H and O–H groups in total. The van der Waals surface area contributed by atoms with Crippen LogP contribution in [-0.2, 0) is 6.54 Å². The average Bonchev–Trinajstić information content (AvgIpc) is 2.76. The molecule has 0 amide bonds. The molecule has 100 valence electrons. The van der Waals surface area contributed by atoms with Crippen LogP contribution in [0.15, 0.2) is 18.3 Å². The number of rotatable bonds is 4. The highest BCUT2D eigenvalue weighted by molar-refractivity contribution is 7.11. The number of halogens is 2. The van der Waals surface area contributed by atoms with Crippen molar-refractivity contribution in [1.82, 2.24) is 4.98 Å². The van der Waals surface area contributed by atoms with E-state index in [0.717, 1.165) is 16.0 Å². The normalized spacial score (nSPS) is 10.5. The molecule has 8 heteroatoms. The van der Waals surface area contributed by atoms with Crippen LogP contribution in [0.2, 0.25) is 5.02 Å². The molecule has 1 heterocycles. The number of thiazole rings is 1. The van der Waals surface area contributed by atoms with Gasteiger partial charge < -0.3 is 5.32 Å². The van der Waals surface area contributed by atoms with Crippen molar-refractivity contribution in [3.05, 3.63) is 49.2 Å². The summed E-state index contributed by atoms with van der Waals surface area (Å²) in [4.78, 5) is 15.4. The highest BCUT2D eigenvalue weighted by Gasteiger charge is 2.17. The van der Waals surface area contributed by atoms with E-state index >= 15 is 0 Å². The molecule has 0 fully saturated rings. The van der Waals surface area contributed by atoms with Crippen molar-refractivity contribution in [1.29, 1.82) is 0 Å².